The fraction of sp³-hybridized carbons (Fsp3) is 0.250. The minimum atomic E-state index is -0.968. The van der Waals surface area contributed by atoms with Crippen LogP contribution < -0.4 is 5.56 Å². The number of hydrogen-bond acceptors (Lipinski definition) is 1. The van der Waals surface area contributed by atoms with Crippen molar-refractivity contribution in [3.63, 3.8) is 0 Å². The van der Waals surface area contributed by atoms with Crippen LogP contribution in [0.1, 0.15) is 17.5 Å². The molecule has 0 aliphatic heterocycles. The van der Waals surface area contributed by atoms with Crippen molar-refractivity contribution in [3.8, 4) is 0 Å². The lowest BCUT2D eigenvalue weighted by Crippen LogP contribution is -2.13. The summed E-state index contributed by atoms with van der Waals surface area (Å²) in [6.07, 6.45) is 2.39. The van der Waals surface area contributed by atoms with Crippen molar-refractivity contribution in [1.82, 2.24) is 4.98 Å². The Morgan fingerprint density at radius 3 is 2.69 bits per heavy atom. The topological polar surface area (TPSA) is 32.9 Å². The summed E-state index contributed by atoms with van der Waals surface area (Å²) in [5.74, 6) is -1.90. The van der Waals surface area contributed by atoms with Gasteiger partial charge in [0.2, 0.25) is 0 Å². The van der Waals surface area contributed by atoms with Crippen LogP contribution in [0.3, 0.4) is 0 Å². The number of aromatic amines is 1. The molecule has 16 heavy (non-hydrogen) atoms. The van der Waals surface area contributed by atoms with E-state index < -0.39 is 11.6 Å². The summed E-state index contributed by atoms with van der Waals surface area (Å²) in [6, 6.07) is 2.64. The zero-order valence-electron chi connectivity index (χ0n) is 8.44. The highest BCUT2D eigenvalue weighted by Crippen LogP contribution is 2.27. The van der Waals surface area contributed by atoms with E-state index in [1.54, 1.807) is 0 Å². The molecule has 3 rings (SSSR count). The minimum Gasteiger partial charge on any atom is -0.319 e. The summed E-state index contributed by atoms with van der Waals surface area (Å²) in [5.41, 5.74) is 1.30. The number of fused-ring (bicyclic) bond motifs is 3. The van der Waals surface area contributed by atoms with Gasteiger partial charge in [0.25, 0.3) is 5.56 Å². The summed E-state index contributed by atoms with van der Waals surface area (Å²) in [7, 11) is 0. The van der Waals surface area contributed by atoms with E-state index in [1.807, 2.05) is 0 Å². The molecule has 0 saturated carbocycles. The number of H-pyrrole nitrogens is 1. The monoisotopic (exact) mass is 221 g/mol. The maximum atomic E-state index is 13.5. The van der Waals surface area contributed by atoms with Gasteiger partial charge in [-0.15, -0.1) is 0 Å². The van der Waals surface area contributed by atoms with Gasteiger partial charge in [-0.3, -0.25) is 4.79 Å². The molecule has 0 radical (unpaired) electrons. The summed E-state index contributed by atoms with van der Waals surface area (Å²) in [4.78, 5) is 14.1. The lowest BCUT2D eigenvalue weighted by Gasteiger charge is -2.05. The van der Waals surface area contributed by atoms with Crippen LogP contribution in [0.25, 0.3) is 10.9 Å². The van der Waals surface area contributed by atoms with E-state index in [0.717, 1.165) is 36.5 Å². The highest BCUT2D eigenvalue weighted by molar-refractivity contribution is 5.84. The van der Waals surface area contributed by atoms with Gasteiger partial charge in [0.15, 0.2) is 11.6 Å². The third-order valence-electron chi connectivity index (χ3n) is 3.15. The van der Waals surface area contributed by atoms with Crippen molar-refractivity contribution < 1.29 is 8.78 Å². The summed E-state index contributed by atoms with van der Waals surface area (Å²) in [6.45, 7) is 0. The van der Waals surface area contributed by atoms with Crippen molar-refractivity contribution in [2.24, 2.45) is 0 Å². The number of halogens is 2. The zero-order chi connectivity index (χ0) is 11.3. The van der Waals surface area contributed by atoms with Crippen molar-refractivity contribution in [2.75, 3.05) is 0 Å². The molecule has 0 saturated heterocycles. The SMILES string of the molecule is O=c1[nH]c2c(F)c(F)ccc2c2c1CCC2. The molecule has 0 spiro atoms. The second-order valence-corrected chi connectivity index (χ2v) is 4.05. The molecule has 1 aliphatic rings. The van der Waals surface area contributed by atoms with Crippen LogP contribution in [0.4, 0.5) is 8.78 Å². The van der Waals surface area contributed by atoms with Gasteiger partial charge in [-0.05, 0) is 37.0 Å². The Hall–Kier alpha value is -1.71. The van der Waals surface area contributed by atoms with E-state index in [0.29, 0.717) is 5.39 Å². The molecule has 0 bridgehead atoms. The number of hydrogen-bond donors (Lipinski definition) is 1. The zero-order valence-corrected chi connectivity index (χ0v) is 8.44. The van der Waals surface area contributed by atoms with Crippen molar-refractivity contribution in [2.45, 2.75) is 19.3 Å². The first kappa shape index (κ1) is 9.51. The molecule has 0 atom stereocenters. The Morgan fingerprint density at radius 2 is 1.88 bits per heavy atom. The van der Waals surface area contributed by atoms with Gasteiger partial charge < -0.3 is 4.98 Å². The van der Waals surface area contributed by atoms with Crippen LogP contribution >= 0.6 is 0 Å². The van der Waals surface area contributed by atoms with Crippen LogP contribution in [-0.2, 0) is 12.8 Å². The van der Waals surface area contributed by atoms with Crippen LogP contribution in [0.15, 0.2) is 16.9 Å². The lowest BCUT2D eigenvalue weighted by molar-refractivity contribution is 0.515. The summed E-state index contributed by atoms with van der Waals surface area (Å²) < 4.78 is 26.5. The number of rotatable bonds is 0. The predicted molar refractivity (Wildman–Crippen MR) is 56.5 cm³/mol. The van der Waals surface area contributed by atoms with Crippen LogP contribution in [0.2, 0.25) is 0 Å². The molecule has 0 unspecified atom stereocenters. The Kier molecular flexibility index (Phi) is 1.87. The minimum absolute atomic E-state index is 0.00866. The van der Waals surface area contributed by atoms with Crippen molar-refractivity contribution in [1.29, 1.82) is 0 Å². The van der Waals surface area contributed by atoms with Gasteiger partial charge in [-0.1, -0.05) is 0 Å². The molecule has 1 aromatic carbocycles. The number of aromatic nitrogens is 1. The molecule has 82 valence electrons. The van der Waals surface area contributed by atoms with E-state index >= 15 is 0 Å². The number of benzene rings is 1. The molecule has 1 aliphatic carbocycles. The van der Waals surface area contributed by atoms with Crippen LogP contribution in [0.5, 0.6) is 0 Å². The lowest BCUT2D eigenvalue weighted by atomic mass is 10.1. The highest BCUT2D eigenvalue weighted by Gasteiger charge is 2.20. The van der Waals surface area contributed by atoms with E-state index in [9.17, 15) is 13.6 Å². The Morgan fingerprint density at radius 1 is 1.12 bits per heavy atom. The van der Waals surface area contributed by atoms with E-state index in [4.69, 9.17) is 0 Å². The highest BCUT2D eigenvalue weighted by atomic mass is 19.2. The molecular formula is C12H9F2NO. The average molecular weight is 221 g/mol. The van der Waals surface area contributed by atoms with Gasteiger partial charge >= 0.3 is 0 Å². The van der Waals surface area contributed by atoms with E-state index in [2.05, 4.69) is 4.98 Å². The van der Waals surface area contributed by atoms with Crippen LogP contribution in [0, 0.1) is 11.6 Å². The quantitative estimate of drug-likeness (QED) is 0.727. The molecule has 1 aromatic heterocycles. The van der Waals surface area contributed by atoms with Gasteiger partial charge in [0.05, 0.1) is 5.52 Å². The molecule has 2 aromatic rings. The maximum absolute atomic E-state index is 13.5. The van der Waals surface area contributed by atoms with Crippen molar-refractivity contribution in [3.05, 3.63) is 45.2 Å². The molecule has 0 fully saturated rings. The second-order valence-electron chi connectivity index (χ2n) is 4.05. The Bertz CT molecular complexity index is 645. The number of aryl methyl sites for hydroxylation is 1. The summed E-state index contributed by atoms with van der Waals surface area (Å²) in [5, 5.41) is 0.631. The van der Waals surface area contributed by atoms with Crippen molar-refractivity contribution >= 4 is 10.9 Å². The molecule has 1 heterocycles. The predicted octanol–water partition coefficient (Wildman–Crippen LogP) is 2.29. The normalized spacial score (nSPS) is 14.4. The Balaban J connectivity index is 2.52. The van der Waals surface area contributed by atoms with Gasteiger partial charge in [-0.25, -0.2) is 8.78 Å². The smallest absolute Gasteiger partial charge is 0.251 e. The maximum Gasteiger partial charge on any atom is 0.251 e. The van der Waals surface area contributed by atoms with E-state index in [-0.39, 0.29) is 11.1 Å². The number of pyridine rings is 1. The third-order valence-corrected chi connectivity index (χ3v) is 3.15. The molecule has 0 amide bonds. The molecular weight excluding hydrogens is 212 g/mol. The summed E-state index contributed by atoms with van der Waals surface area (Å²) >= 11 is 0. The molecule has 2 nitrogen and oxygen atoms in total. The molecule has 1 N–H and O–H groups in total. The second kappa shape index (κ2) is 3.14. The first-order valence-corrected chi connectivity index (χ1v) is 5.20. The average Bonchev–Trinajstić information content (AvgIpc) is 2.74. The first-order valence-electron chi connectivity index (χ1n) is 5.20. The van der Waals surface area contributed by atoms with Gasteiger partial charge in [0, 0.05) is 10.9 Å². The van der Waals surface area contributed by atoms with Crippen LogP contribution in [-0.4, -0.2) is 4.98 Å². The third kappa shape index (κ3) is 1.13. The Labute approximate surface area is 89.9 Å². The fourth-order valence-corrected chi connectivity index (χ4v) is 2.40. The van der Waals surface area contributed by atoms with Gasteiger partial charge in [0.1, 0.15) is 0 Å². The number of nitrogens with one attached hydrogen (secondary N) is 1. The van der Waals surface area contributed by atoms with Gasteiger partial charge in [-0.2, -0.15) is 0 Å². The standard InChI is InChI=1S/C12H9F2NO/c13-9-5-4-7-6-2-1-3-8(6)12(16)15-11(7)10(9)14/h4-5H,1-3H2,(H,15,16). The van der Waals surface area contributed by atoms with E-state index in [1.165, 1.54) is 6.07 Å². The largest absolute Gasteiger partial charge is 0.319 e. The fourth-order valence-electron chi connectivity index (χ4n) is 2.40. The first-order chi connectivity index (χ1) is 7.68. The molecule has 4 heteroatoms.